The average Bonchev–Trinajstić information content (AvgIpc) is 1.94. The molecule has 1 saturated carbocycles. The van der Waals surface area contributed by atoms with Crippen LogP contribution in [0.4, 0.5) is 0 Å². The van der Waals surface area contributed by atoms with Crippen LogP contribution in [-0.4, -0.2) is 7.85 Å². The average molecular weight is 108 g/mol. The van der Waals surface area contributed by atoms with Crippen molar-refractivity contribution < 1.29 is 0 Å². The second kappa shape index (κ2) is 3.16. The van der Waals surface area contributed by atoms with E-state index in [1.807, 2.05) is 0 Å². The molecule has 2 radical (unpaired) electrons. The first-order valence-electron chi connectivity index (χ1n) is 3.65. The van der Waals surface area contributed by atoms with E-state index in [1.54, 1.807) is 0 Å². The van der Waals surface area contributed by atoms with Crippen LogP contribution < -0.4 is 0 Å². The third-order valence-electron chi connectivity index (χ3n) is 1.90. The maximum Gasteiger partial charge on any atom is 0.0699 e. The second-order valence-electron chi connectivity index (χ2n) is 2.75. The van der Waals surface area contributed by atoms with Crippen molar-refractivity contribution in [1.29, 1.82) is 0 Å². The summed E-state index contributed by atoms with van der Waals surface area (Å²) in [6, 6.07) is 0. The van der Waals surface area contributed by atoms with Gasteiger partial charge in [0.25, 0.3) is 0 Å². The zero-order chi connectivity index (χ0) is 5.82. The monoisotopic (exact) mass is 108 g/mol. The number of hydrogen-bond acceptors (Lipinski definition) is 0. The van der Waals surface area contributed by atoms with Crippen LogP contribution >= 0.6 is 0 Å². The van der Waals surface area contributed by atoms with Gasteiger partial charge in [0, 0.05) is 0 Å². The molecule has 0 amide bonds. The Morgan fingerprint density at radius 2 is 1.38 bits per heavy atom. The smallest absolute Gasteiger partial charge is 0.0699 e. The zero-order valence-corrected chi connectivity index (χ0v) is 5.40. The van der Waals surface area contributed by atoms with Crippen molar-refractivity contribution in [3.05, 3.63) is 0 Å². The van der Waals surface area contributed by atoms with E-state index in [0.717, 1.165) is 0 Å². The van der Waals surface area contributed by atoms with Gasteiger partial charge in [0.05, 0.1) is 7.85 Å². The molecule has 0 N–H and O–H groups in total. The van der Waals surface area contributed by atoms with Crippen LogP contribution in [0.2, 0.25) is 5.82 Å². The highest BCUT2D eigenvalue weighted by Gasteiger charge is 2.04. The van der Waals surface area contributed by atoms with Crippen molar-refractivity contribution >= 4 is 7.85 Å². The molecule has 0 spiro atoms. The highest BCUT2D eigenvalue weighted by Crippen LogP contribution is 2.23. The maximum atomic E-state index is 5.73. The fraction of sp³-hybridized carbons (Fsp3) is 1.00. The molecule has 0 heterocycles. The lowest BCUT2D eigenvalue weighted by Crippen LogP contribution is -1.87. The van der Waals surface area contributed by atoms with Crippen molar-refractivity contribution in [1.82, 2.24) is 0 Å². The van der Waals surface area contributed by atoms with Gasteiger partial charge in [-0.3, -0.25) is 0 Å². The fourth-order valence-electron chi connectivity index (χ4n) is 1.31. The van der Waals surface area contributed by atoms with Crippen molar-refractivity contribution in [3.63, 3.8) is 0 Å². The van der Waals surface area contributed by atoms with Crippen LogP contribution in [0.1, 0.15) is 38.5 Å². The SMILES string of the molecule is [B]C1CCCCCC1. The lowest BCUT2D eigenvalue weighted by atomic mass is 9.81. The molecule has 1 fully saturated rings. The minimum atomic E-state index is 0.525. The van der Waals surface area contributed by atoms with Crippen LogP contribution in [0.15, 0.2) is 0 Å². The Bertz CT molecular complexity index is 53.4. The van der Waals surface area contributed by atoms with Gasteiger partial charge in [0.1, 0.15) is 0 Å². The van der Waals surface area contributed by atoms with Crippen LogP contribution in [0.25, 0.3) is 0 Å². The highest BCUT2D eigenvalue weighted by molar-refractivity contribution is 6.11. The van der Waals surface area contributed by atoms with Gasteiger partial charge >= 0.3 is 0 Å². The molecule has 0 aliphatic heterocycles. The number of rotatable bonds is 0. The molecule has 0 aromatic carbocycles. The van der Waals surface area contributed by atoms with E-state index >= 15 is 0 Å². The summed E-state index contributed by atoms with van der Waals surface area (Å²) >= 11 is 0. The van der Waals surface area contributed by atoms with Crippen molar-refractivity contribution in [2.45, 2.75) is 44.3 Å². The van der Waals surface area contributed by atoms with E-state index in [4.69, 9.17) is 7.85 Å². The summed E-state index contributed by atoms with van der Waals surface area (Å²) in [5.41, 5.74) is 0. The fourth-order valence-corrected chi connectivity index (χ4v) is 1.31. The summed E-state index contributed by atoms with van der Waals surface area (Å²) in [6.07, 6.45) is 8.07. The van der Waals surface area contributed by atoms with E-state index in [0.29, 0.717) is 5.82 Å². The molecule has 8 heavy (non-hydrogen) atoms. The predicted molar refractivity (Wildman–Crippen MR) is 37.2 cm³/mol. The standard InChI is InChI=1S/C7H13B/c8-7-5-3-1-2-4-6-7/h7H,1-6H2. The first-order valence-corrected chi connectivity index (χ1v) is 3.65. The quantitative estimate of drug-likeness (QED) is 0.330. The van der Waals surface area contributed by atoms with Gasteiger partial charge in [-0.1, -0.05) is 44.3 Å². The predicted octanol–water partition coefficient (Wildman–Crippen LogP) is 2.30. The van der Waals surface area contributed by atoms with Crippen molar-refractivity contribution in [2.75, 3.05) is 0 Å². The highest BCUT2D eigenvalue weighted by atomic mass is 14.1. The third kappa shape index (κ3) is 1.89. The van der Waals surface area contributed by atoms with E-state index in [9.17, 15) is 0 Å². The van der Waals surface area contributed by atoms with Crippen LogP contribution in [0.3, 0.4) is 0 Å². The molecule has 0 aromatic rings. The molecule has 1 rings (SSSR count). The summed E-state index contributed by atoms with van der Waals surface area (Å²) in [5.74, 6) is 0.525. The van der Waals surface area contributed by atoms with E-state index in [2.05, 4.69) is 0 Å². The molecule has 0 atom stereocenters. The molecule has 0 bridgehead atoms. The Labute approximate surface area is 53.1 Å². The summed E-state index contributed by atoms with van der Waals surface area (Å²) in [5, 5.41) is 0. The van der Waals surface area contributed by atoms with Gasteiger partial charge in [-0.2, -0.15) is 0 Å². The largest absolute Gasteiger partial charge is 0.0774 e. The first-order chi connectivity index (χ1) is 3.89. The lowest BCUT2D eigenvalue weighted by Gasteiger charge is -2.03. The molecule has 1 aliphatic carbocycles. The minimum Gasteiger partial charge on any atom is -0.0774 e. The summed E-state index contributed by atoms with van der Waals surface area (Å²) < 4.78 is 0. The van der Waals surface area contributed by atoms with Gasteiger partial charge in [0.15, 0.2) is 0 Å². The third-order valence-corrected chi connectivity index (χ3v) is 1.90. The molecule has 44 valence electrons. The molecule has 0 unspecified atom stereocenters. The summed E-state index contributed by atoms with van der Waals surface area (Å²) in [6.45, 7) is 0. The van der Waals surface area contributed by atoms with Gasteiger partial charge < -0.3 is 0 Å². The lowest BCUT2D eigenvalue weighted by molar-refractivity contribution is 0.700. The Balaban J connectivity index is 2.17. The number of hydrogen-bond donors (Lipinski definition) is 0. The summed E-state index contributed by atoms with van der Waals surface area (Å²) in [4.78, 5) is 0. The van der Waals surface area contributed by atoms with Gasteiger partial charge in [-0.15, -0.1) is 0 Å². The van der Waals surface area contributed by atoms with E-state index < -0.39 is 0 Å². The Hall–Kier alpha value is 0.0649. The maximum absolute atomic E-state index is 5.73. The first kappa shape index (κ1) is 6.19. The minimum absolute atomic E-state index is 0.525. The van der Waals surface area contributed by atoms with Crippen molar-refractivity contribution in [3.8, 4) is 0 Å². The zero-order valence-electron chi connectivity index (χ0n) is 5.40. The Morgan fingerprint density at radius 1 is 0.875 bits per heavy atom. The molecule has 1 aliphatic rings. The van der Waals surface area contributed by atoms with Crippen LogP contribution in [0.5, 0.6) is 0 Å². The van der Waals surface area contributed by atoms with Gasteiger partial charge in [0.2, 0.25) is 0 Å². The van der Waals surface area contributed by atoms with E-state index in [-0.39, 0.29) is 0 Å². The normalized spacial score (nSPS) is 25.0. The molecule has 1 heteroatoms. The molecule has 0 saturated heterocycles. The van der Waals surface area contributed by atoms with Crippen LogP contribution in [-0.2, 0) is 0 Å². The Morgan fingerprint density at radius 3 is 1.88 bits per heavy atom. The van der Waals surface area contributed by atoms with Gasteiger partial charge in [-0.05, 0) is 0 Å². The molecular weight excluding hydrogens is 94.9 g/mol. The molecule has 0 nitrogen and oxygen atoms in total. The van der Waals surface area contributed by atoms with E-state index in [1.165, 1.54) is 38.5 Å². The summed E-state index contributed by atoms with van der Waals surface area (Å²) in [7, 11) is 5.73. The Kier molecular flexibility index (Phi) is 2.45. The van der Waals surface area contributed by atoms with Gasteiger partial charge in [-0.25, -0.2) is 0 Å². The van der Waals surface area contributed by atoms with Crippen LogP contribution in [0, 0.1) is 0 Å². The van der Waals surface area contributed by atoms with Crippen molar-refractivity contribution in [2.24, 2.45) is 0 Å². The molecular formula is C7H13B. The second-order valence-corrected chi connectivity index (χ2v) is 2.75. The molecule has 0 aromatic heterocycles. The topological polar surface area (TPSA) is 0 Å².